The molecule has 0 saturated carbocycles. The molecule has 1 saturated heterocycles. The van der Waals surface area contributed by atoms with Crippen molar-refractivity contribution in [2.45, 2.75) is 45.3 Å². The van der Waals surface area contributed by atoms with Gasteiger partial charge in [0, 0.05) is 31.9 Å². The zero-order valence-electron chi connectivity index (χ0n) is 11.0. The molecule has 1 aliphatic rings. The molecule has 1 unspecified atom stereocenters. The van der Waals surface area contributed by atoms with E-state index in [4.69, 9.17) is 0 Å². The minimum Gasteiger partial charge on any atom is -0.310 e. The third-order valence-electron chi connectivity index (χ3n) is 3.60. The van der Waals surface area contributed by atoms with Crippen molar-refractivity contribution in [3.05, 3.63) is 18.0 Å². The van der Waals surface area contributed by atoms with Crippen LogP contribution in [-0.4, -0.2) is 40.9 Å². The molecule has 4 heteroatoms. The lowest BCUT2D eigenvalue weighted by molar-refractivity contribution is 0.299. The quantitative estimate of drug-likeness (QED) is 0.812. The first-order chi connectivity index (χ1) is 8.31. The van der Waals surface area contributed by atoms with Gasteiger partial charge in [0.15, 0.2) is 0 Å². The summed E-state index contributed by atoms with van der Waals surface area (Å²) in [6, 6.07) is 2.83. The fourth-order valence-electron chi connectivity index (χ4n) is 2.53. The van der Waals surface area contributed by atoms with Crippen molar-refractivity contribution in [1.82, 2.24) is 20.0 Å². The molecule has 0 aromatic carbocycles. The number of likely N-dealkylation sites (N-methyl/N-ethyl adjacent to an activating group) is 1. The standard InChI is InChI=1S/C13H24N4/c1-3-8-17-13(6-7-15-17)11-14-10-12-5-4-9-16(12)2/h6-7,12,14H,3-5,8-11H2,1-2H3. The van der Waals surface area contributed by atoms with Crippen LogP contribution in [0.25, 0.3) is 0 Å². The Hall–Kier alpha value is -0.870. The van der Waals surface area contributed by atoms with Gasteiger partial charge in [0.2, 0.25) is 0 Å². The van der Waals surface area contributed by atoms with E-state index in [1.165, 1.54) is 25.1 Å². The van der Waals surface area contributed by atoms with Gasteiger partial charge in [-0.2, -0.15) is 5.10 Å². The van der Waals surface area contributed by atoms with Crippen molar-refractivity contribution in [2.24, 2.45) is 0 Å². The molecule has 0 amide bonds. The number of likely N-dealkylation sites (tertiary alicyclic amines) is 1. The molecule has 1 N–H and O–H groups in total. The van der Waals surface area contributed by atoms with Crippen LogP contribution in [0.15, 0.2) is 12.3 Å². The Morgan fingerprint density at radius 3 is 3.12 bits per heavy atom. The number of aryl methyl sites for hydroxylation is 1. The molecule has 1 fully saturated rings. The molecule has 1 aromatic heterocycles. The van der Waals surface area contributed by atoms with E-state index in [1.807, 2.05) is 6.20 Å². The first kappa shape index (κ1) is 12.6. The molecular formula is C13H24N4. The van der Waals surface area contributed by atoms with E-state index in [9.17, 15) is 0 Å². The molecule has 0 spiro atoms. The number of aromatic nitrogens is 2. The van der Waals surface area contributed by atoms with Gasteiger partial charge in [-0.25, -0.2) is 0 Å². The summed E-state index contributed by atoms with van der Waals surface area (Å²) in [5, 5.41) is 7.89. The zero-order valence-corrected chi connectivity index (χ0v) is 11.0. The summed E-state index contributed by atoms with van der Waals surface area (Å²) >= 11 is 0. The van der Waals surface area contributed by atoms with Gasteiger partial charge in [-0.3, -0.25) is 4.68 Å². The summed E-state index contributed by atoms with van der Waals surface area (Å²) < 4.78 is 2.10. The third-order valence-corrected chi connectivity index (χ3v) is 3.60. The summed E-state index contributed by atoms with van der Waals surface area (Å²) in [7, 11) is 2.22. The maximum Gasteiger partial charge on any atom is 0.0522 e. The molecule has 2 heterocycles. The van der Waals surface area contributed by atoms with E-state index >= 15 is 0 Å². The van der Waals surface area contributed by atoms with Crippen LogP contribution < -0.4 is 5.32 Å². The van der Waals surface area contributed by atoms with Crippen LogP contribution in [-0.2, 0) is 13.1 Å². The second-order valence-electron chi connectivity index (χ2n) is 4.95. The minimum atomic E-state index is 0.720. The molecule has 1 aliphatic heterocycles. The highest BCUT2D eigenvalue weighted by molar-refractivity contribution is 5.00. The Labute approximate surface area is 104 Å². The van der Waals surface area contributed by atoms with Crippen LogP contribution in [0.2, 0.25) is 0 Å². The van der Waals surface area contributed by atoms with Crippen molar-refractivity contribution in [1.29, 1.82) is 0 Å². The zero-order chi connectivity index (χ0) is 12.1. The largest absolute Gasteiger partial charge is 0.310 e. The van der Waals surface area contributed by atoms with Crippen molar-refractivity contribution < 1.29 is 0 Å². The molecule has 1 aromatic rings. The van der Waals surface area contributed by atoms with Gasteiger partial charge < -0.3 is 10.2 Å². The van der Waals surface area contributed by atoms with Gasteiger partial charge in [0.25, 0.3) is 0 Å². The number of rotatable bonds is 6. The van der Waals surface area contributed by atoms with Gasteiger partial charge in [-0.05, 0) is 38.9 Å². The number of hydrogen-bond donors (Lipinski definition) is 1. The van der Waals surface area contributed by atoms with Gasteiger partial charge in [-0.1, -0.05) is 6.92 Å². The van der Waals surface area contributed by atoms with Crippen molar-refractivity contribution in [3.8, 4) is 0 Å². The number of nitrogens with zero attached hydrogens (tertiary/aromatic N) is 3. The van der Waals surface area contributed by atoms with E-state index < -0.39 is 0 Å². The van der Waals surface area contributed by atoms with Gasteiger partial charge in [-0.15, -0.1) is 0 Å². The number of nitrogens with one attached hydrogen (secondary N) is 1. The first-order valence-corrected chi connectivity index (χ1v) is 6.73. The fraction of sp³-hybridized carbons (Fsp3) is 0.769. The molecule has 0 aliphatic carbocycles. The maximum absolute atomic E-state index is 4.34. The van der Waals surface area contributed by atoms with Crippen molar-refractivity contribution >= 4 is 0 Å². The van der Waals surface area contributed by atoms with E-state index in [-0.39, 0.29) is 0 Å². The highest BCUT2D eigenvalue weighted by Crippen LogP contribution is 2.13. The summed E-state index contributed by atoms with van der Waals surface area (Å²) in [6.07, 6.45) is 5.71. The molecule has 17 heavy (non-hydrogen) atoms. The summed E-state index contributed by atoms with van der Waals surface area (Å²) in [6.45, 7) is 6.48. The van der Waals surface area contributed by atoms with Crippen LogP contribution in [0.3, 0.4) is 0 Å². The molecule has 96 valence electrons. The Bertz CT molecular complexity index is 334. The average Bonchev–Trinajstić information content (AvgIpc) is 2.90. The smallest absolute Gasteiger partial charge is 0.0522 e. The monoisotopic (exact) mass is 236 g/mol. The Balaban J connectivity index is 1.75. The Morgan fingerprint density at radius 1 is 1.53 bits per heavy atom. The topological polar surface area (TPSA) is 33.1 Å². The van der Waals surface area contributed by atoms with Crippen LogP contribution in [0.5, 0.6) is 0 Å². The molecule has 2 rings (SSSR count). The fourth-order valence-corrected chi connectivity index (χ4v) is 2.53. The van der Waals surface area contributed by atoms with Crippen LogP contribution >= 0.6 is 0 Å². The summed E-state index contributed by atoms with van der Waals surface area (Å²) in [5.74, 6) is 0. The predicted molar refractivity (Wildman–Crippen MR) is 69.9 cm³/mol. The molecular weight excluding hydrogens is 212 g/mol. The van der Waals surface area contributed by atoms with Crippen LogP contribution in [0.1, 0.15) is 31.9 Å². The lowest BCUT2D eigenvalue weighted by Gasteiger charge is -2.19. The summed E-state index contributed by atoms with van der Waals surface area (Å²) in [5.41, 5.74) is 1.30. The Morgan fingerprint density at radius 2 is 2.41 bits per heavy atom. The first-order valence-electron chi connectivity index (χ1n) is 6.73. The highest BCUT2D eigenvalue weighted by atomic mass is 15.3. The maximum atomic E-state index is 4.34. The van der Waals surface area contributed by atoms with Gasteiger partial charge >= 0.3 is 0 Å². The third kappa shape index (κ3) is 3.30. The molecule has 0 radical (unpaired) electrons. The molecule has 1 atom stereocenters. The second-order valence-corrected chi connectivity index (χ2v) is 4.95. The van der Waals surface area contributed by atoms with Gasteiger partial charge in [0.05, 0.1) is 5.69 Å². The lowest BCUT2D eigenvalue weighted by atomic mass is 10.2. The normalized spacial score (nSPS) is 21.2. The highest BCUT2D eigenvalue weighted by Gasteiger charge is 2.19. The van der Waals surface area contributed by atoms with E-state index in [0.29, 0.717) is 0 Å². The van der Waals surface area contributed by atoms with Crippen molar-refractivity contribution in [2.75, 3.05) is 20.1 Å². The van der Waals surface area contributed by atoms with Crippen LogP contribution in [0, 0.1) is 0 Å². The molecule has 4 nitrogen and oxygen atoms in total. The molecule has 0 bridgehead atoms. The van der Waals surface area contributed by atoms with E-state index in [1.54, 1.807) is 0 Å². The van der Waals surface area contributed by atoms with E-state index in [2.05, 4.69) is 40.0 Å². The lowest BCUT2D eigenvalue weighted by Crippen LogP contribution is -2.35. The predicted octanol–water partition coefficient (Wildman–Crippen LogP) is 1.48. The minimum absolute atomic E-state index is 0.720. The Kier molecular flexibility index (Phi) is 4.57. The van der Waals surface area contributed by atoms with Gasteiger partial charge in [0.1, 0.15) is 0 Å². The second kappa shape index (κ2) is 6.17. The van der Waals surface area contributed by atoms with Crippen LogP contribution in [0.4, 0.5) is 0 Å². The number of hydrogen-bond acceptors (Lipinski definition) is 3. The van der Waals surface area contributed by atoms with E-state index in [0.717, 1.165) is 32.1 Å². The SMILES string of the molecule is CCCn1nccc1CNCC1CCCN1C. The summed E-state index contributed by atoms with van der Waals surface area (Å²) in [4.78, 5) is 2.45. The van der Waals surface area contributed by atoms with Crippen molar-refractivity contribution in [3.63, 3.8) is 0 Å². The average molecular weight is 236 g/mol.